The average molecular weight is 548 g/mol. The Hall–Kier alpha value is -2.74. The van der Waals surface area contributed by atoms with Crippen LogP contribution < -0.4 is 4.74 Å². The third-order valence-corrected chi connectivity index (χ3v) is 8.02. The summed E-state index contributed by atoms with van der Waals surface area (Å²) in [4.78, 5) is 9.50. The third kappa shape index (κ3) is 6.71. The molecule has 39 heavy (non-hydrogen) atoms. The molecule has 2 aliphatic rings. The van der Waals surface area contributed by atoms with Crippen LogP contribution in [0.3, 0.4) is 0 Å². The molecule has 7 heteroatoms. The second-order valence-electron chi connectivity index (χ2n) is 11.0. The maximum absolute atomic E-state index is 10.7. The van der Waals surface area contributed by atoms with Crippen molar-refractivity contribution in [3.05, 3.63) is 99.8 Å². The van der Waals surface area contributed by atoms with Crippen molar-refractivity contribution in [2.24, 2.45) is 0 Å². The minimum absolute atomic E-state index is 0.151. The highest BCUT2D eigenvalue weighted by molar-refractivity contribution is 6.30. The molecule has 1 atom stereocenters. The Bertz CT molecular complexity index is 1300. The first-order valence-corrected chi connectivity index (χ1v) is 14.2. The number of hydrogen-bond acceptors (Lipinski definition) is 6. The standard InChI is InChI=1S/C32H38ClN3O3/c1-32(2,38)24-9-12-31-29(19-24)27(28-5-3-14-34-30(28)22-39-31)6-4-15-35-16-13-26(21-35)36(17-18-37)20-23-7-10-25(33)11-8-23/h3,5-12,14,19,26,37-38H,4,13,15-18,20-22H2,1-2H3/t26-/m1/s1. The van der Waals surface area contributed by atoms with Gasteiger partial charge in [0, 0.05) is 54.6 Å². The van der Waals surface area contributed by atoms with Crippen LogP contribution in [0.25, 0.3) is 5.57 Å². The molecule has 0 aliphatic carbocycles. The van der Waals surface area contributed by atoms with E-state index in [-0.39, 0.29) is 6.61 Å². The Morgan fingerprint density at radius 3 is 2.74 bits per heavy atom. The fraction of sp³-hybridized carbons (Fsp3) is 0.406. The third-order valence-electron chi connectivity index (χ3n) is 7.76. The van der Waals surface area contributed by atoms with E-state index in [2.05, 4.69) is 45.1 Å². The second kappa shape index (κ2) is 12.2. The quantitative estimate of drug-likeness (QED) is 0.381. The van der Waals surface area contributed by atoms with Gasteiger partial charge >= 0.3 is 0 Å². The molecular weight excluding hydrogens is 510 g/mol. The molecule has 206 valence electrons. The van der Waals surface area contributed by atoms with Crippen molar-refractivity contribution in [2.75, 3.05) is 32.8 Å². The van der Waals surface area contributed by atoms with Gasteiger partial charge in [-0.1, -0.05) is 41.9 Å². The lowest BCUT2D eigenvalue weighted by molar-refractivity contribution is 0.0785. The first kappa shape index (κ1) is 27.8. The van der Waals surface area contributed by atoms with E-state index in [0.717, 1.165) is 77.8 Å². The van der Waals surface area contributed by atoms with Crippen molar-refractivity contribution in [1.29, 1.82) is 0 Å². The van der Waals surface area contributed by atoms with E-state index in [1.54, 1.807) is 0 Å². The number of likely N-dealkylation sites (tertiary alicyclic amines) is 1. The number of hydrogen-bond donors (Lipinski definition) is 2. The molecule has 1 fully saturated rings. The fourth-order valence-corrected chi connectivity index (χ4v) is 5.73. The van der Waals surface area contributed by atoms with Crippen LogP contribution in [0.15, 0.2) is 66.9 Å². The molecule has 6 nitrogen and oxygen atoms in total. The van der Waals surface area contributed by atoms with E-state index in [4.69, 9.17) is 16.3 Å². The first-order chi connectivity index (χ1) is 18.8. The summed E-state index contributed by atoms with van der Waals surface area (Å²) >= 11 is 6.07. The molecule has 0 spiro atoms. The average Bonchev–Trinajstić information content (AvgIpc) is 3.33. The van der Waals surface area contributed by atoms with Gasteiger partial charge in [-0.05, 0) is 80.3 Å². The number of aromatic nitrogens is 1. The van der Waals surface area contributed by atoms with Crippen LogP contribution in [0.1, 0.15) is 54.6 Å². The summed E-state index contributed by atoms with van der Waals surface area (Å²) in [7, 11) is 0. The van der Waals surface area contributed by atoms with Crippen LogP contribution in [0.2, 0.25) is 5.02 Å². The van der Waals surface area contributed by atoms with Gasteiger partial charge in [0.2, 0.25) is 0 Å². The van der Waals surface area contributed by atoms with Crippen molar-refractivity contribution in [3.8, 4) is 5.75 Å². The first-order valence-electron chi connectivity index (χ1n) is 13.8. The Balaban J connectivity index is 1.31. The molecule has 2 aromatic carbocycles. The maximum Gasteiger partial charge on any atom is 0.131 e. The number of halogens is 1. The van der Waals surface area contributed by atoms with Crippen molar-refractivity contribution in [1.82, 2.24) is 14.8 Å². The Labute approximate surface area is 236 Å². The summed E-state index contributed by atoms with van der Waals surface area (Å²) in [6, 6.07) is 18.4. The van der Waals surface area contributed by atoms with Crippen LogP contribution >= 0.6 is 11.6 Å². The van der Waals surface area contributed by atoms with Gasteiger partial charge in [0.25, 0.3) is 0 Å². The lowest BCUT2D eigenvalue weighted by atomic mass is 9.90. The van der Waals surface area contributed by atoms with Crippen molar-refractivity contribution < 1.29 is 14.9 Å². The van der Waals surface area contributed by atoms with Crippen LogP contribution in [-0.2, 0) is 18.8 Å². The van der Waals surface area contributed by atoms with Gasteiger partial charge in [0.15, 0.2) is 0 Å². The molecule has 0 bridgehead atoms. The lowest BCUT2D eigenvalue weighted by Gasteiger charge is -2.28. The molecule has 3 aromatic rings. The molecule has 1 saturated heterocycles. The molecule has 0 saturated carbocycles. The zero-order chi connectivity index (χ0) is 27.4. The smallest absolute Gasteiger partial charge is 0.131 e. The van der Waals surface area contributed by atoms with Crippen molar-refractivity contribution in [2.45, 2.75) is 51.5 Å². The number of aliphatic hydroxyl groups excluding tert-OH is 1. The number of pyridine rings is 1. The highest BCUT2D eigenvalue weighted by atomic mass is 35.5. The monoisotopic (exact) mass is 547 g/mol. The summed E-state index contributed by atoms with van der Waals surface area (Å²) in [6.45, 7) is 8.63. The van der Waals surface area contributed by atoms with Crippen LogP contribution in [0, 0.1) is 0 Å². The number of nitrogens with zero attached hydrogens (tertiary/aromatic N) is 3. The fourth-order valence-electron chi connectivity index (χ4n) is 5.60. The van der Waals surface area contributed by atoms with E-state index in [1.165, 1.54) is 5.56 Å². The van der Waals surface area contributed by atoms with Crippen LogP contribution in [0.5, 0.6) is 5.75 Å². The molecule has 2 aliphatic heterocycles. The van der Waals surface area contributed by atoms with Crippen molar-refractivity contribution in [3.63, 3.8) is 0 Å². The van der Waals surface area contributed by atoms with Gasteiger partial charge in [-0.25, -0.2) is 0 Å². The zero-order valence-electron chi connectivity index (χ0n) is 22.8. The largest absolute Gasteiger partial charge is 0.487 e. The SMILES string of the molecule is CC(C)(O)c1ccc2c(c1)C(=CCCN1CC[C@@H](N(CCO)Cc3ccc(Cl)cc3)C1)c1cccnc1CO2. The molecule has 0 unspecified atom stereocenters. The molecule has 2 N–H and O–H groups in total. The summed E-state index contributed by atoms with van der Waals surface area (Å²) < 4.78 is 6.14. The van der Waals surface area contributed by atoms with Gasteiger partial charge in [-0.15, -0.1) is 0 Å². The van der Waals surface area contributed by atoms with Crippen LogP contribution in [-0.4, -0.2) is 63.8 Å². The molecule has 3 heterocycles. The predicted octanol–water partition coefficient (Wildman–Crippen LogP) is 5.25. The van der Waals surface area contributed by atoms with Gasteiger partial charge < -0.3 is 19.8 Å². The Morgan fingerprint density at radius 1 is 1.15 bits per heavy atom. The molecule has 5 rings (SSSR count). The van der Waals surface area contributed by atoms with Gasteiger partial charge in [-0.2, -0.15) is 0 Å². The minimum Gasteiger partial charge on any atom is -0.487 e. The highest BCUT2D eigenvalue weighted by Gasteiger charge is 2.28. The highest BCUT2D eigenvalue weighted by Crippen LogP contribution is 2.38. The number of benzene rings is 2. The Kier molecular flexibility index (Phi) is 8.70. The van der Waals surface area contributed by atoms with E-state index in [0.29, 0.717) is 19.2 Å². The van der Waals surface area contributed by atoms with Crippen molar-refractivity contribution >= 4 is 17.2 Å². The van der Waals surface area contributed by atoms with Gasteiger partial charge in [0.1, 0.15) is 12.4 Å². The van der Waals surface area contributed by atoms with E-state index in [9.17, 15) is 10.2 Å². The molecule has 0 amide bonds. The van der Waals surface area contributed by atoms with Crippen LogP contribution in [0.4, 0.5) is 0 Å². The number of rotatable bonds is 9. The second-order valence-corrected chi connectivity index (χ2v) is 11.5. The summed E-state index contributed by atoms with van der Waals surface area (Å²) in [5.41, 5.74) is 5.24. The molecule has 0 radical (unpaired) electrons. The number of ether oxygens (including phenoxy) is 1. The molecular formula is C32H38ClN3O3. The van der Waals surface area contributed by atoms with Gasteiger partial charge in [-0.3, -0.25) is 9.88 Å². The van der Waals surface area contributed by atoms with E-state index in [1.807, 2.05) is 50.4 Å². The predicted molar refractivity (Wildman–Crippen MR) is 156 cm³/mol. The maximum atomic E-state index is 10.7. The Morgan fingerprint density at radius 2 is 1.97 bits per heavy atom. The summed E-state index contributed by atoms with van der Waals surface area (Å²) in [6.07, 6.45) is 6.08. The van der Waals surface area contributed by atoms with Gasteiger partial charge in [0.05, 0.1) is 17.9 Å². The normalized spacial score (nSPS) is 18.6. The summed E-state index contributed by atoms with van der Waals surface area (Å²) in [5, 5.41) is 21.1. The minimum atomic E-state index is -0.943. The number of fused-ring (bicyclic) bond motifs is 2. The molecule has 1 aromatic heterocycles. The lowest BCUT2D eigenvalue weighted by Crippen LogP contribution is -2.39. The zero-order valence-corrected chi connectivity index (χ0v) is 23.6. The van der Waals surface area contributed by atoms with E-state index >= 15 is 0 Å². The van der Waals surface area contributed by atoms with E-state index < -0.39 is 5.60 Å². The summed E-state index contributed by atoms with van der Waals surface area (Å²) in [5.74, 6) is 0.815. The number of aliphatic hydroxyl groups is 2. The topological polar surface area (TPSA) is 69.1 Å².